The fourth-order valence-corrected chi connectivity index (χ4v) is 4.13. The SMILES string of the molecule is COC(=O)COc1ccc2c(c1)C(=O)c1ccc(C#N)cc1S2(=O)=O. The largest absolute Gasteiger partial charge is 0.482 e. The summed E-state index contributed by atoms with van der Waals surface area (Å²) >= 11 is 0. The highest BCUT2D eigenvalue weighted by molar-refractivity contribution is 7.91. The van der Waals surface area contributed by atoms with Crippen LogP contribution in [0.25, 0.3) is 0 Å². The first-order chi connectivity index (χ1) is 11.9. The minimum absolute atomic E-state index is 0.00313. The first-order valence-electron chi connectivity index (χ1n) is 7.06. The summed E-state index contributed by atoms with van der Waals surface area (Å²) in [6, 6.07) is 9.62. The smallest absolute Gasteiger partial charge is 0.343 e. The van der Waals surface area contributed by atoms with Gasteiger partial charge in [0.15, 0.2) is 12.4 Å². The number of hydrogen-bond acceptors (Lipinski definition) is 7. The molecule has 3 rings (SSSR count). The maximum absolute atomic E-state index is 12.8. The number of carbonyl (C=O) groups is 2. The van der Waals surface area contributed by atoms with E-state index >= 15 is 0 Å². The fraction of sp³-hybridized carbons (Fsp3) is 0.118. The maximum atomic E-state index is 12.8. The number of esters is 1. The highest BCUT2D eigenvalue weighted by Crippen LogP contribution is 2.36. The summed E-state index contributed by atoms with van der Waals surface area (Å²) in [5, 5.41) is 8.95. The lowest BCUT2D eigenvalue weighted by atomic mass is 10.0. The second-order valence-corrected chi connectivity index (χ2v) is 7.06. The average Bonchev–Trinajstić information content (AvgIpc) is 2.63. The van der Waals surface area contributed by atoms with Gasteiger partial charge in [0.1, 0.15) is 5.75 Å². The number of benzene rings is 2. The van der Waals surface area contributed by atoms with Crippen molar-refractivity contribution in [1.29, 1.82) is 5.26 Å². The van der Waals surface area contributed by atoms with E-state index in [4.69, 9.17) is 10.00 Å². The van der Waals surface area contributed by atoms with E-state index in [9.17, 15) is 18.0 Å². The van der Waals surface area contributed by atoms with Gasteiger partial charge in [-0.15, -0.1) is 0 Å². The molecule has 0 bridgehead atoms. The van der Waals surface area contributed by atoms with Crippen molar-refractivity contribution >= 4 is 21.6 Å². The van der Waals surface area contributed by atoms with Gasteiger partial charge in [-0.05, 0) is 36.4 Å². The second-order valence-electron chi connectivity index (χ2n) is 5.18. The molecule has 0 N–H and O–H groups in total. The number of ketones is 1. The molecule has 126 valence electrons. The van der Waals surface area contributed by atoms with Crippen LogP contribution in [0, 0.1) is 11.3 Å². The quantitative estimate of drug-likeness (QED) is 0.653. The number of hydrogen-bond donors (Lipinski definition) is 0. The summed E-state index contributed by atoms with van der Waals surface area (Å²) in [5.74, 6) is -0.927. The lowest BCUT2D eigenvalue weighted by Crippen LogP contribution is -2.21. The Balaban J connectivity index is 2.09. The molecule has 0 saturated carbocycles. The van der Waals surface area contributed by atoms with E-state index < -0.39 is 21.6 Å². The average molecular weight is 357 g/mol. The molecule has 2 aromatic rings. The highest BCUT2D eigenvalue weighted by atomic mass is 32.2. The van der Waals surface area contributed by atoms with E-state index in [-0.39, 0.29) is 38.8 Å². The van der Waals surface area contributed by atoms with Crippen LogP contribution >= 0.6 is 0 Å². The molecule has 25 heavy (non-hydrogen) atoms. The Kier molecular flexibility index (Phi) is 4.02. The van der Waals surface area contributed by atoms with Crippen LogP contribution in [0.5, 0.6) is 5.75 Å². The van der Waals surface area contributed by atoms with Crippen LogP contribution in [0.4, 0.5) is 0 Å². The summed E-state index contributed by atoms with van der Waals surface area (Å²) < 4.78 is 35.2. The van der Waals surface area contributed by atoms with Crippen molar-refractivity contribution in [3.63, 3.8) is 0 Å². The topological polar surface area (TPSA) is 111 Å². The predicted octanol–water partition coefficient (Wildman–Crippen LogP) is 1.49. The van der Waals surface area contributed by atoms with Crippen LogP contribution in [0.2, 0.25) is 0 Å². The Morgan fingerprint density at radius 3 is 2.56 bits per heavy atom. The van der Waals surface area contributed by atoms with Crippen LogP contribution < -0.4 is 4.74 Å². The Bertz CT molecular complexity index is 1050. The molecular weight excluding hydrogens is 346 g/mol. The molecule has 0 saturated heterocycles. The van der Waals surface area contributed by atoms with E-state index in [0.29, 0.717) is 0 Å². The Hall–Kier alpha value is -3.18. The highest BCUT2D eigenvalue weighted by Gasteiger charge is 2.35. The summed E-state index contributed by atoms with van der Waals surface area (Å²) in [7, 11) is -2.73. The number of nitrogens with zero attached hydrogens (tertiary/aromatic N) is 1. The van der Waals surface area contributed by atoms with E-state index in [1.807, 2.05) is 6.07 Å². The lowest BCUT2D eigenvalue weighted by Gasteiger charge is -2.19. The number of fused-ring (bicyclic) bond motifs is 2. The molecule has 1 heterocycles. The summed E-state index contributed by atoms with van der Waals surface area (Å²) in [6.07, 6.45) is 0. The number of rotatable bonds is 3. The van der Waals surface area contributed by atoms with Crippen molar-refractivity contribution in [2.75, 3.05) is 13.7 Å². The van der Waals surface area contributed by atoms with E-state index in [0.717, 1.165) is 0 Å². The van der Waals surface area contributed by atoms with Crippen LogP contribution in [-0.4, -0.2) is 33.9 Å². The van der Waals surface area contributed by atoms with Crippen LogP contribution in [0.15, 0.2) is 46.2 Å². The van der Waals surface area contributed by atoms with Crippen LogP contribution in [0.3, 0.4) is 0 Å². The van der Waals surface area contributed by atoms with Crippen molar-refractivity contribution in [2.45, 2.75) is 9.79 Å². The summed E-state index contributed by atoms with van der Waals surface area (Å²) in [6.45, 7) is -0.363. The Morgan fingerprint density at radius 1 is 1.12 bits per heavy atom. The van der Waals surface area contributed by atoms with Gasteiger partial charge in [-0.25, -0.2) is 13.2 Å². The number of methoxy groups -OCH3 is 1. The minimum atomic E-state index is -3.94. The Morgan fingerprint density at radius 2 is 1.88 bits per heavy atom. The van der Waals surface area contributed by atoms with Crippen molar-refractivity contribution < 1.29 is 27.5 Å². The van der Waals surface area contributed by atoms with Crippen molar-refractivity contribution in [3.8, 4) is 11.8 Å². The monoisotopic (exact) mass is 357 g/mol. The molecule has 1 aliphatic rings. The first-order valence-corrected chi connectivity index (χ1v) is 8.54. The lowest BCUT2D eigenvalue weighted by molar-refractivity contribution is -0.142. The zero-order valence-corrected chi connectivity index (χ0v) is 13.8. The molecule has 0 spiro atoms. The number of nitriles is 1. The van der Waals surface area contributed by atoms with Crippen LogP contribution in [-0.2, 0) is 19.4 Å². The molecule has 7 nitrogen and oxygen atoms in total. The van der Waals surface area contributed by atoms with E-state index in [1.165, 1.54) is 43.5 Å². The van der Waals surface area contributed by atoms with E-state index in [2.05, 4.69) is 4.74 Å². The van der Waals surface area contributed by atoms with Gasteiger partial charge in [-0.1, -0.05) is 0 Å². The molecule has 0 fully saturated rings. The summed E-state index contributed by atoms with van der Waals surface area (Å²) in [4.78, 5) is 23.4. The van der Waals surface area contributed by atoms with Gasteiger partial charge in [-0.2, -0.15) is 5.26 Å². The third kappa shape index (κ3) is 2.75. The summed E-state index contributed by atoms with van der Waals surface area (Å²) in [5.41, 5.74) is 0.104. The maximum Gasteiger partial charge on any atom is 0.343 e. The first kappa shape index (κ1) is 16.7. The molecule has 0 aliphatic carbocycles. The van der Waals surface area contributed by atoms with Crippen molar-refractivity contribution in [2.24, 2.45) is 0 Å². The van der Waals surface area contributed by atoms with Gasteiger partial charge >= 0.3 is 5.97 Å². The molecule has 8 heteroatoms. The Labute approximate surface area is 143 Å². The van der Waals surface area contributed by atoms with Gasteiger partial charge in [0.25, 0.3) is 0 Å². The van der Waals surface area contributed by atoms with Crippen molar-refractivity contribution in [3.05, 3.63) is 53.1 Å². The third-order valence-electron chi connectivity index (χ3n) is 3.71. The molecular formula is C17H11NO6S. The number of ether oxygens (including phenoxy) is 2. The molecule has 0 amide bonds. The zero-order chi connectivity index (χ0) is 18.2. The second kappa shape index (κ2) is 6.03. The molecule has 0 radical (unpaired) electrons. The van der Waals surface area contributed by atoms with Gasteiger partial charge in [0.2, 0.25) is 9.84 Å². The van der Waals surface area contributed by atoms with Crippen LogP contribution in [0.1, 0.15) is 21.5 Å². The van der Waals surface area contributed by atoms with Crippen molar-refractivity contribution in [1.82, 2.24) is 0 Å². The normalized spacial score (nSPS) is 14.0. The van der Waals surface area contributed by atoms with Gasteiger partial charge in [0, 0.05) is 11.1 Å². The number of carbonyl (C=O) groups excluding carboxylic acids is 2. The fourth-order valence-electron chi connectivity index (χ4n) is 2.48. The molecule has 0 atom stereocenters. The minimum Gasteiger partial charge on any atom is -0.482 e. The third-order valence-corrected chi connectivity index (χ3v) is 5.57. The molecule has 1 aliphatic heterocycles. The standard InChI is InChI=1S/C17H11NO6S/c1-23-16(19)9-24-11-3-5-14-13(7-11)17(20)12-4-2-10(8-18)6-15(12)25(14,21)22/h2-7H,9H2,1H3. The molecule has 2 aromatic carbocycles. The van der Waals surface area contributed by atoms with Gasteiger partial charge < -0.3 is 9.47 Å². The van der Waals surface area contributed by atoms with E-state index in [1.54, 1.807) is 0 Å². The van der Waals surface area contributed by atoms with Gasteiger partial charge in [0.05, 0.1) is 28.5 Å². The number of sulfone groups is 1. The predicted molar refractivity (Wildman–Crippen MR) is 84.0 cm³/mol. The zero-order valence-electron chi connectivity index (χ0n) is 13.0. The van der Waals surface area contributed by atoms with Gasteiger partial charge in [-0.3, -0.25) is 4.79 Å². The molecule has 0 unspecified atom stereocenters. The molecule has 0 aromatic heterocycles.